The summed E-state index contributed by atoms with van der Waals surface area (Å²) in [6.45, 7) is 0. The van der Waals surface area contributed by atoms with Crippen LogP contribution in [-0.2, 0) is 16.0 Å². The molecule has 1 atom stereocenters. The van der Waals surface area contributed by atoms with E-state index < -0.39 is 17.8 Å². The smallest absolute Gasteiger partial charge is 0.304 e. The van der Waals surface area contributed by atoms with Gasteiger partial charge in [-0.3, -0.25) is 9.59 Å². The van der Waals surface area contributed by atoms with Crippen molar-refractivity contribution in [1.82, 2.24) is 4.98 Å². The minimum absolute atomic E-state index is 0.276. The van der Waals surface area contributed by atoms with E-state index >= 15 is 0 Å². The second-order valence-electron chi connectivity index (χ2n) is 6.36. The second-order valence-corrected chi connectivity index (χ2v) is 7.62. The average Bonchev–Trinajstić information content (AvgIpc) is 3.15. The summed E-state index contributed by atoms with van der Waals surface area (Å²) in [4.78, 5) is 28.4. The molecule has 2 aromatic carbocycles. The lowest BCUT2D eigenvalue weighted by molar-refractivity contribution is -0.140. The molecule has 6 nitrogen and oxygen atoms in total. The Morgan fingerprint density at radius 3 is 2.76 bits per heavy atom. The molecule has 0 bridgehead atoms. The van der Waals surface area contributed by atoms with E-state index in [0.29, 0.717) is 21.6 Å². The largest absolute Gasteiger partial charge is 0.497 e. The third-order valence-corrected chi connectivity index (χ3v) is 5.38. The maximum Gasteiger partial charge on any atom is 0.304 e. The molecule has 2 N–H and O–H groups in total. The summed E-state index contributed by atoms with van der Waals surface area (Å²) in [5, 5.41) is 14.7. The number of halogens is 1. The molecule has 1 heterocycles. The third kappa shape index (κ3) is 5.56. The van der Waals surface area contributed by atoms with Gasteiger partial charge in [-0.2, -0.15) is 0 Å². The van der Waals surface area contributed by atoms with Gasteiger partial charge >= 0.3 is 5.97 Å². The molecule has 0 fully saturated rings. The van der Waals surface area contributed by atoms with Gasteiger partial charge < -0.3 is 15.2 Å². The third-order valence-electron chi connectivity index (χ3n) is 4.29. The molecule has 150 valence electrons. The number of nitrogens with zero attached hydrogens (tertiary/aromatic N) is 1. The number of ether oxygens (including phenoxy) is 1. The van der Waals surface area contributed by atoms with Gasteiger partial charge in [-0.25, -0.2) is 4.98 Å². The SMILES string of the molecule is COc1cccc(C[C@H](CC(=O)O)C(=O)Nc2nc(-c3ccccc3Cl)cs2)c1. The number of nitrogens with one attached hydrogen (secondary N) is 1. The van der Waals surface area contributed by atoms with Crippen LogP contribution < -0.4 is 10.1 Å². The molecule has 0 aliphatic rings. The number of hydrogen-bond acceptors (Lipinski definition) is 5. The number of thiazole rings is 1. The van der Waals surface area contributed by atoms with Crippen molar-refractivity contribution in [2.24, 2.45) is 5.92 Å². The number of aliphatic carboxylic acids is 1. The Bertz CT molecular complexity index is 1020. The molecule has 0 saturated carbocycles. The molecular weight excluding hydrogens is 412 g/mol. The van der Waals surface area contributed by atoms with Crippen LogP contribution in [0, 0.1) is 5.92 Å². The highest BCUT2D eigenvalue weighted by Gasteiger charge is 2.23. The highest BCUT2D eigenvalue weighted by molar-refractivity contribution is 7.14. The lowest BCUT2D eigenvalue weighted by atomic mass is 9.95. The Kier molecular flexibility index (Phi) is 6.85. The second kappa shape index (κ2) is 9.54. The molecule has 1 amide bonds. The Balaban J connectivity index is 1.75. The van der Waals surface area contributed by atoms with Crippen molar-refractivity contribution in [3.8, 4) is 17.0 Å². The molecule has 0 aliphatic heterocycles. The molecule has 8 heteroatoms. The molecule has 0 radical (unpaired) electrons. The number of rotatable bonds is 8. The number of methoxy groups -OCH3 is 1. The van der Waals surface area contributed by atoms with Crippen LogP contribution in [0.25, 0.3) is 11.3 Å². The predicted octanol–water partition coefficient (Wildman–Crippen LogP) is 4.74. The van der Waals surface area contributed by atoms with Crippen LogP contribution in [0.15, 0.2) is 53.9 Å². The lowest BCUT2D eigenvalue weighted by Gasteiger charge is -2.14. The number of amides is 1. The summed E-state index contributed by atoms with van der Waals surface area (Å²) < 4.78 is 5.19. The maximum atomic E-state index is 12.8. The number of carbonyl (C=O) groups excluding carboxylic acids is 1. The van der Waals surface area contributed by atoms with Gasteiger partial charge in [0.05, 0.1) is 25.1 Å². The average molecular weight is 431 g/mol. The lowest BCUT2D eigenvalue weighted by Crippen LogP contribution is -2.27. The van der Waals surface area contributed by atoms with Crippen molar-refractivity contribution < 1.29 is 19.4 Å². The zero-order valence-electron chi connectivity index (χ0n) is 15.6. The van der Waals surface area contributed by atoms with Gasteiger partial charge in [0, 0.05) is 16.0 Å². The fourth-order valence-electron chi connectivity index (χ4n) is 2.88. The van der Waals surface area contributed by atoms with Gasteiger partial charge in [0.25, 0.3) is 0 Å². The van der Waals surface area contributed by atoms with E-state index in [2.05, 4.69) is 10.3 Å². The van der Waals surface area contributed by atoms with E-state index in [1.54, 1.807) is 36.8 Å². The monoisotopic (exact) mass is 430 g/mol. The number of benzene rings is 2. The van der Waals surface area contributed by atoms with E-state index in [0.717, 1.165) is 11.1 Å². The van der Waals surface area contributed by atoms with Crippen LogP contribution >= 0.6 is 22.9 Å². The molecule has 1 aromatic heterocycles. The normalized spacial score (nSPS) is 11.7. The summed E-state index contributed by atoms with van der Waals surface area (Å²) in [7, 11) is 1.56. The van der Waals surface area contributed by atoms with Crippen LogP contribution in [0.4, 0.5) is 5.13 Å². The summed E-state index contributed by atoms with van der Waals surface area (Å²) in [6.07, 6.45) is -0.0101. The van der Waals surface area contributed by atoms with Gasteiger partial charge in [0.1, 0.15) is 5.75 Å². The van der Waals surface area contributed by atoms with Crippen molar-refractivity contribution in [3.63, 3.8) is 0 Å². The van der Waals surface area contributed by atoms with Crippen LogP contribution in [-0.4, -0.2) is 29.1 Å². The first kappa shape index (κ1) is 20.8. The molecule has 3 rings (SSSR count). The van der Waals surface area contributed by atoms with Crippen molar-refractivity contribution >= 4 is 39.9 Å². The number of carboxylic acids is 1. The molecular formula is C21H19ClN2O4S. The van der Waals surface area contributed by atoms with Gasteiger partial charge in [0.15, 0.2) is 5.13 Å². The Morgan fingerprint density at radius 1 is 1.24 bits per heavy atom. The Labute approximate surface area is 177 Å². The van der Waals surface area contributed by atoms with Crippen LogP contribution in [0.5, 0.6) is 5.75 Å². The number of carboxylic acid groups (broad SMARTS) is 1. The molecule has 3 aromatic rings. The van der Waals surface area contributed by atoms with E-state index in [1.165, 1.54) is 11.3 Å². The van der Waals surface area contributed by atoms with E-state index in [-0.39, 0.29) is 12.8 Å². The van der Waals surface area contributed by atoms with Gasteiger partial charge in [-0.15, -0.1) is 11.3 Å². The van der Waals surface area contributed by atoms with Crippen molar-refractivity contribution in [2.75, 3.05) is 12.4 Å². The quantitative estimate of drug-likeness (QED) is 0.538. The minimum Gasteiger partial charge on any atom is -0.497 e. The summed E-state index contributed by atoms with van der Waals surface area (Å²) in [5.41, 5.74) is 2.24. The summed E-state index contributed by atoms with van der Waals surface area (Å²) >= 11 is 7.46. The van der Waals surface area contributed by atoms with E-state index in [4.69, 9.17) is 16.3 Å². The summed E-state index contributed by atoms with van der Waals surface area (Å²) in [5.74, 6) is -1.52. The van der Waals surface area contributed by atoms with E-state index in [1.807, 2.05) is 24.3 Å². The van der Waals surface area contributed by atoms with Crippen LogP contribution in [0.3, 0.4) is 0 Å². The van der Waals surface area contributed by atoms with Crippen molar-refractivity contribution in [1.29, 1.82) is 0 Å². The predicted molar refractivity (Wildman–Crippen MR) is 114 cm³/mol. The number of hydrogen-bond donors (Lipinski definition) is 2. The van der Waals surface area contributed by atoms with Crippen molar-refractivity contribution in [3.05, 3.63) is 64.5 Å². The molecule has 0 unspecified atom stereocenters. The Hall–Kier alpha value is -2.90. The first-order valence-electron chi connectivity index (χ1n) is 8.82. The summed E-state index contributed by atoms with van der Waals surface area (Å²) in [6, 6.07) is 14.5. The number of anilines is 1. The first-order chi connectivity index (χ1) is 14.0. The minimum atomic E-state index is -1.04. The molecule has 29 heavy (non-hydrogen) atoms. The van der Waals surface area contributed by atoms with Gasteiger partial charge in [-0.1, -0.05) is 41.9 Å². The van der Waals surface area contributed by atoms with Crippen LogP contribution in [0.2, 0.25) is 5.02 Å². The Morgan fingerprint density at radius 2 is 2.03 bits per heavy atom. The van der Waals surface area contributed by atoms with Gasteiger partial charge in [0.2, 0.25) is 5.91 Å². The molecule has 0 spiro atoms. The number of aromatic nitrogens is 1. The fraction of sp³-hybridized carbons (Fsp3) is 0.190. The van der Waals surface area contributed by atoms with Gasteiger partial charge in [-0.05, 0) is 30.2 Å². The fourth-order valence-corrected chi connectivity index (χ4v) is 3.83. The molecule has 0 aliphatic carbocycles. The van der Waals surface area contributed by atoms with E-state index in [9.17, 15) is 14.7 Å². The highest BCUT2D eigenvalue weighted by Crippen LogP contribution is 2.30. The first-order valence-corrected chi connectivity index (χ1v) is 10.1. The standard InChI is InChI=1S/C21H19ClN2O4S/c1-28-15-6-4-5-13(10-15)9-14(11-19(25)26)20(27)24-21-23-18(12-29-21)16-7-2-3-8-17(16)22/h2-8,10,12,14H,9,11H2,1H3,(H,25,26)(H,23,24,27)/t14-/m1/s1. The highest BCUT2D eigenvalue weighted by atomic mass is 35.5. The maximum absolute atomic E-state index is 12.8. The topological polar surface area (TPSA) is 88.5 Å². The van der Waals surface area contributed by atoms with Crippen LogP contribution in [0.1, 0.15) is 12.0 Å². The molecule has 0 saturated heterocycles. The van der Waals surface area contributed by atoms with Crippen molar-refractivity contribution in [2.45, 2.75) is 12.8 Å². The zero-order valence-corrected chi connectivity index (χ0v) is 17.2. The number of carbonyl (C=O) groups is 2. The zero-order chi connectivity index (χ0) is 20.8.